The molecule has 0 bridgehead atoms. The zero-order valence-corrected chi connectivity index (χ0v) is 19.2. The zero-order valence-electron chi connectivity index (χ0n) is 16.8. The van der Waals surface area contributed by atoms with Crippen molar-refractivity contribution >= 4 is 29.9 Å². The Kier molecular flexibility index (Phi) is 12.7. The molecule has 8 heteroatoms. The maximum atomic E-state index is 5.71. The largest absolute Gasteiger partial charge is 0.381 e. The van der Waals surface area contributed by atoms with E-state index >= 15 is 0 Å². The Morgan fingerprint density at radius 2 is 2.19 bits per heavy atom. The number of aromatic nitrogens is 1. The van der Waals surface area contributed by atoms with Gasteiger partial charge in [0.25, 0.3) is 0 Å². The number of ether oxygens (including phenoxy) is 2. The fourth-order valence-electron chi connectivity index (χ4n) is 3.05. The first-order valence-corrected chi connectivity index (χ1v) is 9.82. The van der Waals surface area contributed by atoms with Crippen LogP contribution in [0.25, 0.3) is 0 Å². The van der Waals surface area contributed by atoms with Crippen LogP contribution in [0.1, 0.15) is 56.9 Å². The van der Waals surface area contributed by atoms with Crippen molar-refractivity contribution in [1.29, 1.82) is 0 Å². The minimum absolute atomic E-state index is 0. The highest BCUT2D eigenvalue weighted by molar-refractivity contribution is 14.0. The van der Waals surface area contributed by atoms with E-state index in [1.807, 2.05) is 6.07 Å². The fourth-order valence-corrected chi connectivity index (χ4v) is 3.05. The Morgan fingerprint density at radius 3 is 2.85 bits per heavy atom. The summed E-state index contributed by atoms with van der Waals surface area (Å²) in [5.41, 5.74) is 1.04. The molecular weight excluding hydrogens is 459 g/mol. The van der Waals surface area contributed by atoms with Gasteiger partial charge in [0.15, 0.2) is 11.7 Å². The van der Waals surface area contributed by atoms with Gasteiger partial charge in [-0.2, -0.15) is 0 Å². The Labute approximate surface area is 180 Å². The van der Waals surface area contributed by atoms with Crippen LogP contribution in [0.2, 0.25) is 0 Å². The van der Waals surface area contributed by atoms with E-state index in [2.05, 4.69) is 34.6 Å². The number of hydrogen-bond acceptors (Lipinski definition) is 5. The van der Waals surface area contributed by atoms with Crippen molar-refractivity contribution in [1.82, 2.24) is 15.8 Å². The molecule has 2 heterocycles. The van der Waals surface area contributed by atoms with Crippen LogP contribution >= 0.6 is 24.0 Å². The quantitative estimate of drug-likeness (QED) is 0.213. The first-order valence-electron chi connectivity index (χ1n) is 9.82. The second kappa shape index (κ2) is 14.2. The molecule has 0 amide bonds. The van der Waals surface area contributed by atoms with Gasteiger partial charge in [-0.15, -0.1) is 24.0 Å². The third-order valence-electron chi connectivity index (χ3n) is 4.77. The molecule has 1 unspecified atom stereocenters. The number of guanidine groups is 1. The molecule has 1 saturated heterocycles. The summed E-state index contributed by atoms with van der Waals surface area (Å²) in [6.45, 7) is 9.02. The molecule has 0 saturated carbocycles. The second-order valence-corrected chi connectivity index (χ2v) is 6.74. The van der Waals surface area contributed by atoms with Crippen LogP contribution in [0, 0.1) is 5.92 Å². The lowest BCUT2D eigenvalue weighted by Gasteiger charge is -2.12. The van der Waals surface area contributed by atoms with Crippen molar-refractivity contribution in [3.05, 3.63) is 17.5 Å². The molecule has 0 radical (unpaired) electrons. The molecule has 1 fully saturated rings. The molecule has 1 atom stereocenters. The predicted octanol–water partition coefficient (Wildman–Crippen LogP) is 3.30. The highest BCUT2D eigenvalue weighted by atomic mass is 127. The lowest BCUT2D eigenvalue weighted by atomic mass is 9.99. The molecule has 0 aliphatic carbocycles. The number of hydrogen-bond donors (Lipinski definition) is 2. The average Bonchev–Trinajstić information content (AvgIpc) is 3.34. The average molecular weight is 494 g/mol. The maximum absolute atomic E-state index is 5.71. The minimum Gasteiger partial charge on any atom is -0.381 e. The Balaban J connectivity index is 0.00000364. The van der Waals surface area contributed by atoms with Gasteiger partial charge >= 0.3 is 0 Å². The Bertz CT molecular complexity index is 529. The predicted molar refractivity (Wildman–Crippen MR) is 118 cm³/mol. The maximum Gasteiger partial charge on any atom is 0.191 e. The summed E-state index contributed by atoms with van der Waals surface area (Å²) in [6.07, 6.45) is 4.22. The third-order valence-corrected chi connectivity index (χ3v) is 4.77. The Morgan fingerprint density at radius 1 is 1.37 bits per heavy atom. The van der Waals surface area contributed by atoms with Gasteiger partial charge in [0.2, 0.25) is 0 Å². The lowest BCUT2D eigenvalue weighted by molar-refractivity contribution is 0.0888. The summed E-state index contributed by atoms with van der Waals surface area (Å²) >= 11 is 0. The standard InChI is InChI=1S/C19H34N4O3.HI/c1-4-16(5-2)18-11-17(26-23-18)12-22-19(20-3)21-8-6-9-24-13-15-7-10-25-14-15;/h11,15-16H,4-10,12-14H2,1-3H3,(H2,20,21,22);1H. The summed E-state index contributed by atoms with van der Waals surface area (Å²) in [4.78, 5) is 4.23. The molecule has 7 nitrogen and oxygen atoms in total. The van der Waals surface area contributed by atoms with Crippen molar-refractivity contribution in [2.75, 3.05) is 40.0 Å². The van der Waals surface area contributed by atoms with Crippen LogP contribution < -0.4 is 10.6 Å². The summed E-state index contributed by atoms with van der Waals surface area (Å²) < 4.78 is 16.5. The molecular formula is C19H35IN4O3. The highest BCUT2D eigenvalue weighted by Crippen LogP contribution is 2.22. The monoisotopic (exact) mass is 494 g/mol. The van der Waals surface area contributed by atoms with E-state index in [1.54, 1.807) is 7.05 Å². The van der Waals surface area contributed by atoms with E-state index < -0.39 is 0 Å². The van der Waals surface area contributed by atoms with E-state index in [9.17, 15) is 0 Å². The van der Waals surface area contributed by atoms with Crippen molar-refractivity contribution in [3.63, 3.8) is 0 Å². The molecule has 156 valence electrons. The molecule has 1 aliphatic rings. The van der Waals surface area contributed by atoms with Crippen molar-refractivity contribution < 1.29 is 14.0 Å². The fraction of sp³-hybridized carbons (Fsp3) is 0.789. The SMILES string of the molecule is CCC(CC)c1cc(CNC(=NC)NCCCOCC2CCOC2)on1.I. The highest BCUT2D eigenvalue weighted by Gasteiger charge is 2.15. The lowest BCUT2D eigenvalue weighted by Crippen LogP contribution is -2.37. The van der Waals surface area contributed by atoms with Crippen molar-refractivity contribution in [3.8, 4) is 0 Å². The van der Waals surface area contributed by atoms with E-state index in [-0.39, 0.29) is 24.0 Å². The Hall–Kier alpha value is -0.870. The van der Waals surface area contributed by atoms with Crippen LogP contribution in [0.15, 0.2) is 15.6 Å². The van der Waals surface area contributed by atoms with Gasteiger partial charge in [-0.05, 0) is 25.7 Å². The van der Waals surface area contributed by atoms with E-state index in [4.69, 9.17) is 14.0 Å². The van der Waals surface area contributed by atoms with Crippen molar-refractivity contribution in [2.45, 2.75) is 52.0 Å². The number of nitrogens with one attached hydrogen (secondary N) is 2. The molecule has 2 rings (SSSR count). The molecule has 0 spiro atoms. The van der Waals surface area contributed by atoms with Gasteiger partial charge < -0.3 is 24.6 Å². The topological polar surface area (TPSA) is 80.9 Å². The van der Waals surface area contributed by atoms with Gasteiger partial charge in [-0.25, -0.2) is 0 Å². The summed E-state index contributed by atoms with van der Waals surface area (Å²) in [6, 6.07) is 2.04. The van der Waals surface area contributed by atoms with Gasteiger partial charge in [0, 0.05) is 44.7 Å². The smallest absolute Gasteiger partial charge is 0.191 e. The molecule has 1 aromatic rings. The number of rotatable bonds is 11. The zero-order chi connectivity index (χ0) is 18.6. The van der Waals surface area contributed by atoms with Gasteiger partial charge in [0.05, 0.1) is 25.5 Å². The van der Waals surface area contributed by atoms with E-state index in [0.717, 1.165) is 76.1 Å². The van der Waals surface area contributed by atoms with Crippen LogP contribution in [0.4, 0.5) is 0 Å². The van der Waals surface area contributed by atoms with E-state index in [0.29, 0.717) is 18.4 Å². The second-order valence-electron chi connectivity index (χ2n) is 6.74. The van der Waals surface area contributed by atoms with Gasteiger partial charge in [-0.1, -0.05) is 19.0 Å². The molecule has 0 aromatic carbocycles. The first-order chi connectivity index (χ1) is 12.8. The number of halogens is 1. The van der Waals surface area contributed by atoms with Gasteiger partial charge in [-0.3, -0.25) is 4.99 Å². The van der Waals surface area contributed by atoms with Crippen LogP contribution in [0.3, 0.4) is 0 Å². The normalized spacial score (nSPS) is 17.2. The van der Waals surface area contributed by atoms with Gasteiger partial charge in [0.1, 0.15) is 0 Å². The molecule has 27 heavy (non-hydrogen) atoms. The molecule has 1 aliphatic heterocycles. The number of aliphatic imine (C=N–C) groups is 1. The molecule has 2 N–H and O–H groups in total. The van der Waals surface area contributed by atoms with Crippen LogP contribution in [-0.2, 0) is 16.0 Å². The number of nitrogens with zero attached hydrogens (tertiary/aromatic N) is 2. The summed E-state index contributed by atoms with van der Waals surface area (Å²) in [7, 11) is 1.77. The van der Waals surface area contributed by atoms with E-state index in [1.165, 1.54) is 0 Å². The van der Waals surface area contributed by atoms with Crippen LogP contribution in [0.5, 0.6) is 0 Å². The minimum atomic E-state index is 0. The van der Waals surface area contributed by atoms with Crippen LogP contribution in [-0.4, -0.2) is 51.1 Å². The van der Waals surface area contributed by atoms with Crippen molar-refractivity contribution in [2.24, 2.45) is 10.9 Å². The molecule has 1 aromatic heterocycles. The third kappa shape index (κ3) is 8.78. The summed E-state index contributed by atoms with van der Waals surface area (Å²) in [5.74, 6) is 2.64. The first kappa shape index (κ1) is 24.2. The summed E-state index contributed by atoms with van der Waals surface area (Å²) in [5, 5.41) is 10.7.